The number of rotatable bonds is 3. The van der Waals surface area contributed by atoms with Crippen molar-refractivity contribution < 1.29 is 9.21 Å². The van der Waals surface area contributed by atoms with E-state index in [2.05, 4.69) is 22.2 Å². The molecule has 0 radical (unpaired) electrons. The highest BCUT2D eigenvalue weighted by molar-refractivity contribution is 6.31. The minimum atomic E-state index is -0.273. The molecule has 0 aliphatic carbocycles. The highest BCUT2D eigenvalue weighted by Crippen LogP contribution is 2.24. The van der Waals surface area contributed by atoms with Gasteiger partial charge in [0.05, 0.1) is 0 Å². The molecule has 0 saturated carbocycles. The zero-order chi connectivity index (χ0) is 18.1. The van der Waals surface area contributed by atoms with Crippen molar-refractivity contribution in [1.29, 1.82) is 0 Å². The van der Waals surface area contributed by atoms with Crippen LogP contribution in [-0.2, 0) is 0 Å². The molecule has 1 N–H and O–H groups in total. The molecule has 0 unspecified atom stereocenters. The van der Waals surface area contributed by atoms with Crippen LogP contribution in [0.4, 0.5) is 11.4 Å². The third kappa shape index (κ3) is 3.54. The van der Waals surface area contributed by atoms with E-state index in [0.29, 0.717) is 10.6 Å². The second-order valence-corrected chi connectivity index (χ2v) is 7.02. The van der Waals surface area contributed by atoms with Gasteiger partial charge in [-0.1, -0.05) is 11.6 Å². The number of hydrogen-bond donors (Lipinski definition) is 1. The van der Waals surface area contributed by atoms with E-state index in [1.165, 1.54) is 5.69 Å². The molecule has 0 atom stereocenters. The average molecular weight is 370 g/mol. The maximum Gasteiger partial charge on any atom is 0.291 e. The van der Waals surface area contributed by atoms with E-state index in [4.69, 9.17) is 16.0 Å². The Labute approximate surface area is 157 Å². The van der Waals surface area contributed by atoms with Gasteiger partial charge in [-0.3, -0.25) is 4.79 Å². The van der Waals surface area contributed by atoms with Gasteiger partial charge < -0.3 is 19.5 Å². The summed E-state index contributed by atoms with van der Waals surface area (Å²) in [5.74, 6) is -0.00455. The number of benzene rings is 2. The summed E-state index contributed by atoms with van der Waals surface area (Å²) in [6.45, 7) is 4.16. The van der Waals surface area contributed by atoms with Crippen LogP contribution >= 0.6 is 11.6 Å². The number of nitrogens with one attached hydrogen (secondary N) is 1. The molecule has 6 heteroatoms. The lowest BCUT2D eigenvalue weighted by Crippen LogP contribution is -2.44. The van der Waals surface area contributed by atoms with E-state index in [9.17, 15) is 4.79 Å². The minimum absolute atomic E-state index is 0.269. The van der Waals surface area contributed by atoms with Crippen molar-refractivity contribution in [2.24, 2.45) is 0 Å². The number of carbonyl (C=O) groups is 1. The molecule has 5 nitrogen and oxygen atoms in total. The van der Waals surface area contributed by atoms with E-state index in [0.717, 1.165) is 37.3 Å². The van der Waals surface area contributed by atoms with Crippen LogP contribution in [0.2, 0.25) is 5.02 Å². The van der Waals surface area contributed by atoms with Crippen molar-refractivity contribution in [2.45, 2.75) is 0 Å². The summed E-state index contributed by atoms with van der Waals surface area (Å²) in [5, 5.41) is 4.31. The topological polar surface area (TPSA) is 48.7 Å². The molecule has 2 aromatic carbocycles. The van der Waals surface area contributed by atoms with Gasteiger partial charge in [-0.05, 0) is 55.6 Å². The first-order valence-electron chi connectivity index (χ1n) is 8.62. The van der Waals surface area contributed by atoms with E-state index in [-0.39, 0.29) is 11.7 Å². The minimum Gasteiger partial charge on any atom is -0.451 e. The quantitative estimate of drug-likeness (QED) is 0.755. The van der Waals surface area contributed by atoms with Crippen LogP contribution in [0.5, 0.6) is 0 Å². The van der Waals surface area contributed by atoms with Gasteiger partial charge in [0.15, 0.2) is 5.76 Å². The highest BCUT2D eigenvalue weighted by atomic mass is 35.5. The molecular formula is C20H20ClN3O2. The van der Waals surface area contributed by atoms with Crippen molar-refractivity contribution in [3.05, 3.63) is 59.3 Å². The van der Waals surface area contributed by atoms with Gasteiger partial charge in [0.25, 0.3) is 5.91 Å². The first kappa shape index (κ1) is 16.9. The molecular weight excluding hydrogens is 350 g/mol. The van der Waals surface area contributed by atoms with E-state index in [1.807, 2.05) is 24.3 Å². The molecule has 1 aliphatic heterocycles. The number of likely N-dealkylation sites (N-methyl/N-ethyl adjacent to an activating group) is 1. The molecule has 1 fully saturated rings. The van der Waals surface area contributed by atoms with Crippen molar-refractivity contribution in [2.75, 3.05) is 43.4 Å². The number of fused-ring (bicyclic) bond motifs is 1. The lowest BCUT2D eigenvalue weighted by Gasteiger charge is -2.34. The number of hydrogen-bond acceptors (Lipinski definition) is 4. The Morgan fingerprint density at radius 2 is 1.77 bits per heavy atom. The molecule has 2 heterocycles. The SMILES string of the molecule is CN1CCN(c2ccc(NC(=O)c3cc4cc(Cl)ccc4o3)cc2)CC1. The molecule has 134 valence electrons. The summed E-state index contributed by atoms with van der Waals surface area (Å²) >= 11 is 5.98. The second-order valence-electron chi connectivity index (χ2n) is 6.58. The maximum absolute atomic E-state index is 12.4. The third-order valence-corrected chi connectivity index (χ3v) is 4.93. The third-order valence-electron chi connectivity index (χ3n) is 4.70. The van der Waals surface area contributed by atoms with Crippen LogP contribution in [0.1, 0.15) is 10.6 Å². The zero-order valence-corrected chi connectivity index (χ0v) is 15.3. The number of nitrogens with zero attached hydrogens (tertiary/aromatic N) is 2. The molecule has 1 amide bonds. The monoisotopic (exact) mass is 369 g/mol. The molecule has 3 aromatic rings. The van der Waals surface area contributed by atoms with Gasteiger partial charge >= 0.3 is 0 Å². The van der Waals surface area contributed by atoms with Gasteiger partial charge in [-0.25, -0.2) is 0 Å². The van der Waals surface area contributed by atoms with Crippen molar-refractivity contribution in [1.82, 2.24) is 4.90 Å². The normalized spacial score (nSPS) is 15.4. The van der Waals surface area contributed by atoms with Gasteiger partial charge in [-0.2, -0.15) is 0 Å². The van der Waals surface area contributed by atoms with E-state index in [1.54, 1.807) is 24.3 Å². The smallest absolute Gasteiger partial charge is 0.291 e. The Balaban J connectivity index is 1.45. The maximum atomic E-state index is 12.4. The average Bonchev–Trinajstić information content (AvgIpc) is 3.06. The standard InChI is InChI=1S/C20H20ClN3O2/c1-23-8-10-24(11-9-23)17-5-3-16(4-6-17)22-20(25)19-13-14-12-15(21)2-7-18(14)26-19/h2-7,12-13H,8-11H2,1H3,(H,22,25). The number of furan rings is 1. The summed E-state index contributed by atoms with van der Waals surface area (Å²) < 4.78 is 5.60. The molecule has 1 aliphatic rings. The Hall–Kier alpha value is -2.50. The van der Waals surface area contributed by atoms with Crippen LogP contribution in [0.25, 0.3) is 11.0 Å². The van der Waals surface area contributed by atoms with Crippen molar-refractivity contribution in [3.8, 4) is 0 Å². The number of halogens is 1. The molecule has 1 aromatic heterocycles. The van der Waals surface area contributed by atoms with E-state index < -0.39 is 0 Å². The molecule has 0 spiro atoms. The Morgan fingerprint density at radius 3 is 2.50 bits per heavy atom. The lowest BCUT2D eigenvalue weighted by molar-refractivity contribution is 0.0998. The van der Waals surface area contributed by atoms with Crippen molar-refractivity contribution >= 4 is 39.9 Å². The summed E-state index contributed by atoms with van der Waals surface area (Å²) in [7, 11) is 2.14. The molecule has 26 heavy (non-hydrogen) atoms. The predicted molar refractivity (Wildman–Crippen MR) is 105 cm³/mol. The number of carbonyl (C=O) groups excluding carboxylic acids is 1. The Kier molecular flexibility index (Phi) is 4.57. The van der Waals surface area contributed by atoms with Crippen molar-refractivity contribution in [3.63, 3.8) is 0 Å². The van der Waals surface area contributed by atoms with Crippen LogP contribution in [0, 0.1) is 0 Å². The lowest BCUT2D eigenvalue weighted by atomic mass is 10.2. The Morgan fingerprint density at radius 1 is 1.04 bits per heavy atom. The van der Waals surface area contributed by atoms with Crippen LogP contribution in [-0.4, -0.2) is 44.0 Å². The largest absolute Gasteiger partial charge is 0.451 e. The summed E-state index contributed by atoms with van der Waals surface area (Å²) in [4.78, 5) is 17.1. The summed E-state index contributed by atoms with van der Waals surface area (Å²) in [6.07, 6.45) is 0. The Bertz CT molecular complexity index is 928. The van der Waals surface area contributed by atoms with Crippen LogP contribution in [0.15, 0.2) is 52.9 Å². The zero-order valence-electron chi connectivity index (χ0n) is 14.5. The van der Waals surface area contributed by atoms with Crippen LogP contribution in [0.3, 0.4) is 0 Å². The van der Waals surface area contributed by atoms with Gasteiger partial charge in [0, 0.05) is 48.0 Å². The fourth-order valence-corrected chi connectivity index (χ4v) is 3.32. The fourth-order valence-electron chi connectivity index (χ4n) is 3.14. The first-order valence-corrected chi connectivity index (χ1v) is 9.00. The number of piperazine rings is 1. The molecule has 1 saturated heterocycles. The number of anilines is 2. The number of amides is 1. The van der Waals surface area contributed by atoms with E-state index >= 15 is 0 Å². The van der Waals surface area contributed by atoms with Gasteiger partial charge in [0.2, 0.25) is 0 Å². The second kappa shape index (κ2) is 7.02. The first-order chi connectivity index (χ1) is 12.6. The molecule has 0 bridgehead atoms. The fraction of sp³-hybridized carbons (Fsp3) is 0.250. The summed E-state index contributed by atoms with van der Waals surface area (Å²) in [6, 6.07) is 14.9. The van der Waals surface area contributed by atoms with Gasteiger partial charge in [-0.15, -0.1) is 0 Å². The predicted octanol–water partition coefficient (Wildman–Crippen LogP) is 4.09. The van der Waals surface area contributed by atoms with Crippen LogP contribution < -0.4 is 10.2 Å². The van der Waals surface area contributed by atoms with Gasteiger partial charge in [0.1, 0.15) is 5.58 Å². The highest BCUT2D eigenvalue weighted by Gasteiger charge is 2.15. The summed E-state index contributed by atoms with van der Waals surface area (Å²) in [5.41, 5.74) is 2.56. The molecule has 4 rings (SSSR count).